The number of rotatable bonds is 0. The van der Waals surface area contributed by atoms with Crippen LogP contribution < -0.4 is 5.73 Å². The fourth-order valence-corrected chi connectivity index (χ4v) is 0. The van der Waals surface area contributed by atoms with Crippen molar-refractivity contribution in [3.05, 3.63) is 13.2 Å². The first kappa shape index (κ1) is 81.1. The Morgan fingerprint density at radius 1 is 1.08 bits per heavy atom. The van der Waals surface area contributed by atoms with Gasteiger partial charge in [0.05, 0.1) is 0 Å². The largest absolute Gasteiger partial charge is 0.486 e. The van der Waals surface area contributed by atoms with E-state index in [4.69, 9.17) is 11.1 Å². The summed E-state index contributed by atoms with van der Waals surface area (Å²) in [6.07, 6.45) is 0. The summed E-state index contributed by atoms with van der Waals surface area (Å²) in [4.78, 5) is 0. The topological polar surface area (TPSA) is 73.7 Å². The minimum absolute atomic E-state index is 0. The van der Waals surface area contributed by atoms with E-state index in [1.807, 2.05) is 0 Å². The van der Waals surface area contributed by atoms with Crippen molar-refractivity contribution in [1.82, 2.24) is 0 Å². The Labute approximate surface area is 106 Å². The molecule has 0 atom stereocenters. The molecule has 0 saturated heterocycles. The minimum atomic E-state index is -0.0833. The van der Waals surface area contributed by atoms with Crippen molar-refractivity contribution < 1.29 is 32.7 Å². The van der Waals surface area contributed by atoms with Gasteiger partial charge in [0.2, 0.25) is 0 Å². The monoisotopic (exact) mass is 256 g/mol. The van der Waals surface area contributed by atoms with Gasteiger partial charge >= 0.3 is 0 Å². The molecular weight excluding hydrogens is 227 g/mol. The average molecular weight is 256 g/mol. The molecule has 0 aliphatic rings. The second kappa shape index (κ2) is 102. The van der Waals surface area contributed by atoms with E-state index in [-0.39, 0.29) is 75.7 Å². The molecule has 0 amide bonds. The molecule has 0 aliphatic heterocycles. The van der Waals surface area contributed by atoms with Crippen LogP contribution in [0.4, 0.5) is 0 Å². The first-order valence-electron chi connectivity index (χ1n) is 1.58. The fraction of sp³-hybridized carbons (Fsp3) is 0.750. The Morgan fingerprint density at radius 3 is 1.08 bits per heavy atom. The number of amidine groups is 1. The zero-order chi connectivity index (χ0) is 5.58. The quantitative estimate of drug-likeness (QED) is 0.388. The van der Waals surface area contributed by atoms with Crippen LogP contribution in [0.3, 0.4) is 0 Å². The second-order valence-corrected chi connectivity index (χ2v) is 0.625. The normalized spacial score (nSPS) is 2.58. The molecule has 0 fully saturated rings. The Bertz CT molecular complexity index is 37.3. The van der Waals surface area contributed by atoms with Crippen LogP contribution in [0.15, 0.2) is 0 Å². The molecule has 0 rings (SSSR count). The van der Waals surface area contributed by atoms with Gasteiger partial charge in [0.15, 0.2) is 0 Å². The van der Waals surface area contributed by atoms with Crippen LogP contribution in [0.1, 0.15) is 36.6 Å². The van der Waals surface area contributed by atoms with Crippen LogP contribution in [-0.2, 0) is 32.7 Å². The van der Waals surface area contributed by atoms with Crippen molar-refractivity contribution in [2.75, 3.05) is 7.05 Å². The molecule has 81 valence electrons. The molecule has 0 saturated carbocycles. The van der Waals surface area contributed by atoms with Gasteiger partial charge in [-0.1, -0.05) is 35.5 Å². The van der Waals surface area contributed by atoms with Crippen molar-refractivity contribution in [3.8, 4) is 0 Å². The molecule has 0 unspecified atom stereocenters. The van der Waals surface area contributed by atoms with Crippen LogP contribution in [0.2, 0.25) is 0 Å². The summed E-state index contributed by atoms with van der Waals surface area (Å²) < 4.78 is 0. The third-order valence-corrected chi connectivity index (χ3v) is 0. The molecule has 4 heteroatoms. The summed E-state index contributed by atoms with van der Waals surface area (Å²) in [7, 11) is 1.50. The maximum Gasteiger partial charge on any atom is 0 e. The van der Waals surface area contributed by atoms with Gasteiger partial charge < -0.3 is 24.3 Å². The van der Waals surface area contributed by atoms with Gasteiger partial charge in [-0.15, -0.1) is 0 Å². The van der Waals surface area contributed by atoms with Crippen molar-refractivity contribution in [2.24, 2.45) is 5.73 Å². The number of nitrogens with two attached hydrogens (primary N) is 1. The van der Waals surface area contributed by atoms with Crippen LogP contribution in [-0.4, -0.2) is 12.9 Å². The minimum Gasteiger partial charge on any atom is -0.486 e. The molecule has 1 radical (unpaired) electrons. The van der Waals surface area contributed by atoms with Crippen LogP contribution in [0.25, 0.3) is 5.73 Å². The van der Waals surface area contributed by atoms with E-state index in [0.717, 1.165) is 0 Å². The van der Waals surface area contributed by atoms with Gasteiger partial charge in [-0.2, -0.15) is 0 Å². The average Bonchev–Trinajstić information content (AvgIpc) is 1.41. The van der Waals surface area contributed by atoms with E-state index in [9.17, 15) is 0 Å². The second-order valence-electron chi connectivity index (χ2n) is 0.625. The maximum atomic E-state index is 6.17. The number of hydrogen-bond donors (Lipinski definition) is 2. The SMILES string of the molecule is C.C.C.C.CC(=N)[NH-].CN.[CH3-].[Y]. The van der Waals surface area contributed by atoms with Crippen molar-refractivity contribution in [3.63, 3.8) is 0 Å². The Morgan fingerprint density at radius 2 is 1.08 bits per heavy atom. The Kier molecular flexibility index (Phi) is 693. The molecule has 0 aromatic carbocycles. The van der Waals surface area contributed by atoms with E-state index in [1.165, 1.54) is 14.0 Å². The van der Waals surface area contributed by atoms with E-state index >= 15 is 0 Å². The molecule has 0 bridgehead atoms. The fourth-order valence-electron chi connectivity index (χ4n) is 0. The van der Waals surface area contributed by atoms with Crippen molar-refractivity contribution >= 4 is 5.84 Å². The van der Waals surface area contributed by atoms with Crippen LogP contribution in [0, 0.1) is 12.8 Å². The number of nitrogens with one attached hydrogen (secondary N) is 2. The van der Waals surface area contributed by atoms with Crippen molar-refractivity contribution in [2.45, 2.75) is 36.6 Å². The molecule has 0 spiro atoms. The third-order valence-electron chi connectivity index (χ3n) is 0. The first-order chi connectivity index (χ1) is 2.73. The van der Waals surface area contributed by atoms with Gasteiger partial charge in [0, 0.05) is 32.7 Å². The van der Waals surface area contributed by atoms with Gasteiger partial charge in [-0.3, -0.25) is 0 Å². The summed E-state index contributed by atoms with van der Waals surface area (Å²) in [6, 6.07) is 0. The van der Waals surface area contributed by atoms with Crippen LogP contribution in [0.5, 0.6) is 0 Å². The molecule has 0 aliphatic carbocycles. The molecule has 3 nitrogen and oxygen atoms in total. The van der Waals surface area contributed by atoms with Gasteiger partial charge in [0.25, 0.3) is 0 Å². The molecule has 0 aromatic rings. The Balaban J connectivity index is -0.00000000317. The van der Waals surface area contributed by atoms with Crippen molar-refractivity contribution in [1.29, 1.82) is 5.41 Å². The predicted molar refractivity (Wildman–Crippen MR) is 61.2 cm³/mol. The van der Waals surface area contributed by atoms with Gasteiger partial charge in [-0.25, -0.2) is 0 Å². The molecular formula is C8H29N3Y-2. The molecule has 0 heterocycles. The summed E-state index contributed by atoms with van der Waals surface area (Å²) in [5.74, 6) is -0.0833. The molecule has 0 aromatic heterocycles. The summed E-state index contributed by atoms with van der Waals surface area (Å²) >= 11 is 0. The Hall–Kier alpha value is 0.534. The number of hydrogen-bond acceptors (Lipinski definition) is 2. The zero-order valence-corrected chi connectivity index (χ0v) is 8.49. The standard InChI is InChI=1S/C2H5N2.CH5N.4CH4.CH3.Y/c1-2(3)4;1-2;;;;;;/h1H3,(H2-,3,4);2H2,1H3;4*1H4;1H3;/q-1;;;;;;-1;. The van der Waals surface area contributed by atoms with E-state index < -0.39 is 0 Å². The van der Waals surface area contributed by atoms with E-state index in [2.05, 4.69) is 5.73 Å². The summed E-state index contributed by atoms with van der Waals surface area (Å²) in [5, 5.41) is 6.17. The molecule has 4 N–H and O–H groups in total. The summed E-state index contributed by atoms with van der Waals surface area (Å²) in [5.41, 5.74) is 10.7. The van der Waals surface area contributed by atoms with Crippen LogP contribution >= 0.6 is 0 Å². The maximum absolute atomic E-state index is 6.17. The third kappa shape index (κ3) is 3360. The zero-order valence-electron chi connectivity index (χ0n) is 5.65. The first-order valence-corrected chi connectivity index (χ1v) is 1.58. The van der Waals surface area contributed by atoms with E-state index in [1.54, 1.807) is 0 Å². The van der Waals surface area contributed by atoms with Gasteiger partial charge in [0.1, 0.15) is 0 Å². The van der Waals surface area contributed by atoms with E-state index in [0.29, 0.717) is 0 Å². The smallest absolute Gasteiger partial charge is 0 e. The predicted octanol–water partition coefficient (Wildman–Crippen LogP) is 3.60. The van der Waals surface area contributed by atoms with Gasteiger partial charge in [-0.05, 0) is 14.0 Å². The summed E-state index contributed by atoms with van der Waals surface area (Å²) in [6.45, 7) is 1.42. The molecule has 12 heavy (non-hydrogen) atoms.